The van der Waals surface area contributed by atoms with Gasteiger partial charge in [0.15, 0.2) is 0 Å². The second-order valence-corrected chi connectivity index (χ2v) is 31.3. The number of piperidine rings is 2. The number of hydrogen-bond donors (Lipinski definition) is 0. The number of fused-ring (bicyclic) bond motifs is 8. The van der Waals surface area contributed by atoms with Gasteiger partial charge in [0, 0.05) is 62.8 Å². The van der Waals surface area contributed by atoms with Gasteiger partial charge < -0.3 is 14.7 Å². The first kappa shape index (κ1) is 59.6. The van der Waals surface area contributed by atoms with Crippen molar-refractivity contribution in [1.82, 2.24) is 0 Å². The first-order valence-corrected chi connectivity index (χ1v) is 38.6. The van der Waals surface area contributed by atoms with E-state index in [4.69, 9.17) is 0 Å². The molecule has 0 radical (unpaired) electrons. The Morgan fingerprint density at radius 2 is 0.561 bits per heavy atom. The number of para-hydroxylation sites is 2. The van der Waals surface area contributed by atoms with Crippen LogP contribution < -0.4 is 31.1 Å². The Morgan fingerprint density at radius 1 is 0.234 bits per heavy atom. The quantitative estimate of drug-likeness (QED) is 0.0810. The lowest BCUT2D eigenvalue weighted by atomic mass is 9.33. The summed E-state index contributed by atoms with van der Waals surface area (Å²) in [6.07, 6.45) is 6.36. The van der Waals surface area contributed by atoms with E-state index in [0.29, 0.717) is 12.1 Å². The van der Waals surface area contributed by atoms with E-state index in [1.165, 1.54) is 241 Å². The zero-order chi connectivity index (χ0) is 69.7. The van der Waals surface area contributed by atoms with Gasteiger partial charge in [-0.05, 0) is 240 Å². The zero-order valence-electron chi connectivity index (χ0n) is 59.1. The smallest absolute Gasteiger partial charge is 0.252 e. The van der Waals surface area contributed by atoms with Crippen molar-refractivity contribution in [2.24, 2.45) is 11.8 Å². The van der Waals surface area contributed by atoms with Gasteiger partial charge in [0.1, 0.15) is 0 Å². The molecule has 2 saturated heterocycles. The highest BCUT2D eigenvalue weighted by Gasteiger charge is 2.50. The minimum absolute atomic E-state index is 0.245. The highest BCUT2D eigenvalue weighted by atomic mass is 15.2. The fraction of sp³-hybridized carbons (Fsp3) is 0.0874. The summed E-state index contributed by atoms with van der Waals surface area (Å²) < 4.78 is 0. The van der Waals surface area contributed by atoms with Gasteiger partial charge in [0.05, 0.1) is 11.4 Å². The normalized spacial score (nSPS) is 17.1. The van der Waals surface area contributed by atoms with Crippen LogP contribution in [0, 0.1) is 11.8 Å². The highest BCUT2D eigenvalue weighted by molar-refractivity contribution is 7.00. The maximum atomic E-state index is 2.96. The number of hydrogen-bond acceptors (Lipinski definition) is 3. The summed E-state index contributed by atoms with van der Waals surface area (Å²) in [6, 6.07) is 132. The van der Waals surface area contributed by atoms with E-state index in [-0.39, 0.29) is 6.71 Å². The van der Waals surface area contributed by atoms with E-state index in [0.717, 1.165) is 11.8 Å². The van der Waals surface area contributed by atoms with Crippen LogP contribution in [0.15, 0.2) is 340 Å². The monoisotopic (exact) mass is 1360 g/mol. The Bertz CT molecular complexity index is 6360. The SMILES string of the molecule is c1ccc(-c2cccc(-c3ccccc3)c2N2c3ccc(-c4cc5cccc6c7cccc8cccc(c(c4)c56)c87)cc3B3c4cc(-c5cc6cccc7c8cccc9cccc(c(c5)c67)c98)ccc4N(c4c(-c5ccccc5)cccc4-c4ccccc4)c4cc(N5C6CC7CC(C6)CC5C7)cc2c43)cc1. The van der Waals surface area contributed by atoms with Crippen LogP contribution in [-0.4, -0.2) is 18.8 Å². The van der Waals surface area contributed by atoms with E-state index < -0.39 is 0 Å². The lowest BCUT2D eigenvalue weighted by molar-refractivity contribution is 0.0900. The molecule has 25 rings (SSSR count). The van der Waals surface area contributed by atoms with Crippen LogP contribution in [0.4, 0.5) is 39.8 Å². The lowest BCUT2D eigenvalue weighted by Crippen LogP contribution is -2.62. The molecule has 4 aliphatic heterocycles. The molecule has 4 heterocycles. The van der Waals surface area contributed by atoms with Crippen LogP contribution in [0.1, 0.15) is 32.1 Å². The van der Waals surface area contributed by atoms with Crippen LogP contribution in [0.3, 0.4) is 0 Å². The topological polar surface area (TPSA) is 9.72 Å². The standard InChI is InChI=1S/C103H70BN3/c1-5-21-64(22-6-1)79-35-19-36-80(65-23-7-2-8-24-65)102(79)106-93-47-45-70(74-54-72-33-17-41-85-83-39-13-29-68-31-15-43-87(97(68)83)89(56-74)99(72)85)58-91(93)104-92-59-71(75-55-73-34-18-42-86-84-40-14-30-69-32-16-44-88(98(69)84)90(57-75)100(73)86)46-48-94(92)107(103-81(66-25-9-3-10-26-66)37-20-38-82(103)67-27-11-4-12-28-67)96-61-78(60-95(106)101(96)104)105-76-50-62-49-63(52-76)53-77(105)51-62/h1-48,54-63,76-77H,49-53H2. The molecule has 0 amide bonds. The summed E-state index contributed by atoms with van der Waals surface area (Å²) in [6.45, 7) is -0.245. The summed E-state index contributed by atoms with van der Waals surface area (Å²) >= 11 is 0. The maximum absolute atomic E-state index is 2.96. The molecular formula is C103H70BN3. The van der Waals surface area contributed by atoms with Gasteiger partial charge in [0.2, 0.25) is 0 Å². The van der Waals surface area contributed by atoms with Crippen molar-refractivity contribution in [3.8, 4) is 66.8 Å². The van der Waals surface area contributed by atoms with Crippen LogP contribution in [-0.2, 0) is 0 Å². The van der Waals surface area contributed by atoms with Crippen LogP contribution in [0.5, 0.6) is 0 Å². The molecule has 0 N–H and O–H groups in total. The van der Waals surface area contributed by atoms with E-state index in [9.17, 15) is 0 Å². The number of nitrogens with zero attached hydrogens (tertiary/aromatic N) is 3. The fourth-order valence-electron chi connectivity index (χ4n) is 21.5. The molecule has 0 unspecified atom stereocenters. The molecule has 6 aliphatic rings. The average Bonchev–Trinajstić information content (AvgIpc) is 0.686. The summed E-state index contributed by atoms with van der Waals surface area (Å²) in [5, 5.41) is 20.7. The van der Waals surface area contributed by atoms with Gasteiger partial charge in [0.25, 0.3) is 6.71 Å². The van der Waals surface area contributed by atoms with Crippen molar-refractivity contribution >= 4 is 149 Å². The molecule has 4 bridgehead atoms. The molecule has 2 saturated carbocycles. The molecule has 3 nitrogen and oxygen atoms in total. The Labute approximate surface area is 622 Å². The van der Waals surface area contributed by atoms with Gasteiger partial charge in [-0.25, -0.2) is 0 Å². The van der Waals surface area contributed by atoms with Gasteiger partial charge in [-0.3, -0.25) is 0 Å². The number of benzene rings is 19. The van der Waals surface area contributed by atoms with Gasteiger partial charge in [-0.2, -0.15) is 0 Å². The van der Waals surface area contributed by atoms with E-state index in [2.05, 4.69) is 354 Å². The largest absolute Gasteiger partial charge is 0.365 e. The Morgan fingerprint density at radius 3 is 0.925 bits per heavy atom. The van der Waals surface area contributed by atoms with Crippen LogP contribution in [0.2, 0.25) is 0 Å². The van der Waals surface area contributed by atoms with Gasteiger partial charge in [-0.1, -0.05) is 291 Å². The molecule has 0 spiro atoms. The number of rotatable bonds is 9. The van der Waals surface area contributed by atoms with Gasteiger partial charge >= 0.3 is 0 Å². The van der Waals surface area contributed by atoms with Crippen molar-refractivity contribution < 1.29 is 0 Å². The Hall–Kier alpha value is -12.8. The minimum atomic E-state index is -0.245. The first-order valence-electron chi connectivity index (χ1n) is 38.6. The second-order valence-electron chi connectivity index (χ2n) is 31.3. The molecule has 500 valence electrons. The number of anilines is 7. The summed E-state index contributed by atoms with van der Waals surface area (Å²) in [7, 11) is 0. The van der Waals surface area contributed by atoms with E-state index in [1.54, 1.807) is 0 Å². The third-order valence-corrected chi connectivity index (χ3v) is 25.7. The lowest BCUT2D eigenvalue weighted by Gasteiger charge is -2.58. The predicted octanol–water partition coefficient (Wildman–Crippen LogP) is 25.6. The molecule has 4 fully saturated rings. The maximum Gasteiger partial charge on any atom is 0.252 e. The van der Waals surface area contributed by atoms with E-state index >= 15 is 0 Å². The summed E-state index contributed by atoms with van der Waals surface area (Å²) in [5.74, 6) is 1.56. The summed E-state index contributed by atoms with van der Waals surface area (Å²) in [5.41, 5.74) is 26.6. The first-order chi connectivity index (χ1) is 53.0. The van der Waals surface area contributed by atoms with Crippen molar-refractivity contribution in [3.63, 3.8) is 0 Å². The van der Waals surface area contributed by atoms with E-state index in [1.807, 2.05) is 0 Å². The minimum Gasteiger partial charge on any atom is -0.365 e. The van der Waals surface area contributed by atoms with Crippen LogP contribution in [0.25, 0.3) is 153 Å². The second kappa shape index (κ2) is 22.9. The molecule has 2 aliphatic carbocycles. The molecule has 107 heavy (non-hydrogen) atoms. The van der Waals surface area contributed by atoms with Gasteiger partial charge in [-0.15, -0.1) is 0 Å². The van der Waals surface area contributed by atoms with Crippen LogP contribution >= 0.6 is 0 Å². The molecule has 0 aromatic heterocycles. The molecule has 19 aromatic rings. The fourth-order valence-corrected chi connectivity index (χ4v) is 21.5. The highest BCUT2D eigenvalue weighted by Crippen LogP contribution is 2.58. The molecule has 0 atom stereocenters. The van der Waals surface area contributed by atoms with Crippen molar-refractivity contribution in [1.29, 1.82) is 0 Å². The Kier molecular flexibility index (Phi) is 12.7. The van der Waals surface area contributed by atoms with Crippen molar-refractivity contribution in [2.45, 2.75) is 44.2 Å². The average molecular weight is 1360 g/mol. The molecule has 19 aromatic carbocycles. The third kappa shape index (κ3) is 8.79. The zero-order valence-corrected chi connectivity index (χ0v) is 59.1. The summed E-state index contributed by atoms with van der Waals surface area (Å²) in [4.78, 5) is 8.50. The molecular weight excluding hydrogens is 1290 g/mol. The Balaban J connectivity index is 0.851. The van der Waals surface area contributed by atoms with Crippen molar-refractivity contribution in [3.05, 3.63) is 340 Å². The molecule has 4 heteroatoms. The predicted molar refractivity (Wildman–Crippen MR) is 456 cm³/mol. The third-order valence-electron chi connectivity index (χ3n) is 25.7. The van der Waals surface area contributed by atoms with Crippen molar-refractivity contribution in [2.75, 3.05) is 14.7 Å².